The van der Waals surface area contributed by atoms with Gasteiger partial charge in [-0.1, -0.05) is 59.6 Å². The van der Waals surface area contributed by atoms with E-state index in [4.69, 9.17) is 37.7 Å². The standard InChI is InChI=1S/C25H22Cl2N2O3/c1-2-31-22(30)15-32-21-6-4-3-5-20(21)25-28-23(16-7-11-18(26)12-8-16)24(29-25)17-9-13-19(27)14-10-17/h3-14,23-24H,2,15H2,1H3,(H,28,29)/t23-,24+. The summed E-state index contributed by atoms with van der Waals surface area (Å²) in [7, 11) is 0. The lowest BCUT2D eigenvalue weighted by molar-refractivity contribution is -0.145. The number of halogens is 2. The number of aliphatic imine (C=N–C) groups is 1. The van der Waals surface area contributed by atoms with Gasteiger partial charge in [0.25, 0.3) is 0 Å². The first-order valence-corrected chi connectivity index (χ1v) is 11.0. The summed E-state index contributed by atoms with van der Waals surface area (Å²) in [6.45, 7) is 1.90. The molecule has 0 bridgehead atoms. The van der Waals surface area contributed by atoms with E-state index in [1.807, 2.05) is 72.8 Å². The molecule has 0 aliphatic carbocycles. The lowest BCUT2D eigenvalue weighted by Gasteiger charge is -2.20. The van der Waals surface area contributed by atoms with E-state index in [1.54, 1.807) is 6.92 Å². The van der Waals surface area contributed by atoms with E-state index in [0.29, 0.717) is 28.2 Å². The van der Waals surface area contributed by atoms with Crippen LogP contribution in [0.25, 0.3) is 0 Å². The molecule has 2 atom stereocenters. The van der Waals surface area contributed by atoms with Crippen LogP contribution in [-0.2, 0) is 9.53 Å². The second-order valence-electron chi connectivity index (χ2n) is 7.24. The van der Waals surface area contributed by atoms with Gasteiger partial charge in [-0.3, -0.25) is 4.99 Å². The lowest BCUT2D eigenvalue weighted by atomic mass is 9.95. The Morgan fingerprint density at radius 2 is 1.56 bits per heavy atom. The fourth-order valence-corrected chi connectivity index (χ4v) is 3.87. The van der Waals surface area contributed by atoms with Crippen LogP contribution < -0.4 is 10.1 Å². The van der Waals surface area contributed by atoms with Gasteiger partial charge in [0, 0.05) is 10.0 Å². The van der Waals surface area contributed by atoms with E-state index in [2.05, 4.69) is 5.32 Å². The molecule has 1 heterocycles. The molecule has 7 heteroatoms. The van der Waals surface area contributed by atoms with E-state index in [1.165, 1.54) is 0 Å². The van der Waals surface area contributed by atoms with Crippen molar-refractivity contribution >= 4 is 35.0 Å². The molecule has 3 aromatic rings. The van der Waals surface area contributed by atoms with Crippen molar-refractivity contribution < 1.29 is 14.3 Å². The third-order valence-electron chi connectivity index (χ3n) is 5.11. The minimum atomic E-state index is -0.415. The SMILES string of the molecule is CCOC(=O)COc1ccccc1C1=N[C@H](c2ccc(Cl)cc2)[C@H](c2ccc(Cl)cc2)N1. The third-order valence-corrected chi connectivity index (χ3v) is 5.61. The molecule has 1 N–H and O–H groups in total. The van der Waals surface area contributed by atoms with Gasteiger partial charge in [-0.2, -0.15) is 0 Å². The number of carbonyl (C=O) groups is 1. The van der Waals surface area contributed by atoms with Crippen LogP contribution >= 0.6 is 23.2 Å². The number of rotatable bonds is 7. The van der Waals surface area contributed by atoms with E-state index >= 15 is 0 Å². The monoisotopic (exact) mass is 468 g/mol. The van der Waals surface area contributed by atoms with Crippen molar-refractivity contribution in [2.45, 2.75) is 19.0 Å². The van der Waals surface area contributed by atoms with Gasteiger partial charge in [-0.05, 0) is 54.4 Å². The van der Waals surface area contributed by atoms with Crippen molar-refractivity contribution in [3.63, 3.8) is 0 Å². The number of benzene rings is 3. The van der Waals surface area contributed by atoms with Crippen molar-refractivity contribution in [2.24, 2.45) is 4.99 Å². The first-order chi connectivity index (χ1) is 15.5. The number of hydrogen-bond acceptors (Lipinski definition) is 5. The summed E-state index contributed by atoms with van der Waals surface area (Å²) >= 11 is 12.2. The minimum absolute atomic E-state index is 0.110. The smallest absolute Gasteiger partial charge is 0.344 e. The molecule has 1 aliphatic rings. The zero-order valence-corrected chi connectivity index (χ0v) is 18.9. The van der Waals surface area contributed by atoms with E-state index < -0.39 is 5.97 Å². The first kappa shape index (κ1) is 22.2. The summed E-state index contributed by atoms with van der Waals surface area (Å²) in [5, 5.41) is 4.88. The summed E-state index contributed by atoms with van der Waals surface area (Å²) in [6.07, 6.45) is 0. The van der Waals surface area contributed by atoms with Crippen LogP contribution in [0.3, 0.4) is 0 Å². The molecule has 0 aromatic heterocycles. The van der Waals surface area contributed by atoms with Gasteiger partial charge in [0.15, 0.2) is 6.61 Å². The number of nitrogens with zero attached hydrogens (tertiary/aromatic N) is 1. The van der Waals surface area contributed by atoms with E-state index in [0.717, 1.165) is 16.7 Å². The Labute approximate surface area is 197 Å². The van der Waals surface area contributed by atoms with Crippen molar-refractivity contribution in [3.8, 4) is 5.75 Å². The maximum Gasteiger partial charge on any atom is 0.344 e. The summed E-state index contributed by atoms with van der Waals surface area (Å²) in [4.78, 5) is 16.8. The number of nitrogens with one attached hydrogen (secondary N) is 1. The molecule has 32 heavy (non-hydrogen) atoms. The Kier molecular flexibility index (Phi) is 6.98. The summed E-state index contributed by atoms with van der Waals surface area (Å²) in [5.41, 5.74) is 2.85. The van der Waals surface area contributed by atoms with Crippen molar-refractivity contribution in [2.75, 3.05) is 13.2 Å². The van der Waals surface area contributed by atoms with Gasteiger partial charge in [0.1, 0.15) is 17.6 Å². The Morgan fingerprint density at radius 3 is 2.22 bits per heavy atom. The minimum Gasteiger partial charge on any atom is -0.481 e. The van der Waals surface area contributed by atoms with Crippen molar-refractivity contribution in [3.05, 3.63) is 99.5 Å². The molecule has 4 rings (SSSR count). The summed E-state index contributed by atoms with van der Waals surface area (Å²) in [5.74, 6) is 0.824. The summed E-state index contributed by atoms with van der Waals surface area (Å²) in [6, 6.07) is 22.6. The highest BCUT2D eigenvalue weighted by Crippen LogP contribution is 2.38. The molecule has 0 radical (unpaired) electrons. The van der Waals surface area contributed by atoms with Crippen LogP contribution in [0.1, 0.15) is 35.7 Å². The topological polar surface area (TPSA) is 59.9 Å². The molecule has 164 valence electrons. The molecule has 5 nitrogen and oxygen atoms in total. The van der Waals surface area contributed by atoms with Gasteiger partial charge < -0.3 is 14.8 Å². The highest BCUT2D eigenvalue weighted by atomic mass is 35.5. The lowest BCUT2D eigenvalue weighted by Crippen LogP contribution is -2.26. The maximum absolute atomic E-state index is 11.8. The predicted octanol–water partition coefficient (Wildman–Crippen LogP) is 5.77. The fraction of sp³-hybridized carbons (Fsp3) is 0.200. The van der Waals surface area contributed by atoms with Crippen LogP contribution in [0.2, 0.25) is 10.0 Å². The third kappa shape index (κ3) is 5.06. The number of carbonyl (C=O) groups excluding carboxylic acids is 1. The molecule has 3 aromatic carbocycles. The fourth-order valence-electron chi connectivity index (χ4n) is 3.61. The van der Waals surface area contributed by atoms with E-state index in [9.17, 15) is 4.79 Å². The molecule has 0 saturated heterocycles. The average Bonchev–Trinajstić information content (AvgIpc) is 3.24. The van der Waals surface area contributed by atoms with Crippen LogP contribution in [0.4, 0.5) is 0 Å². The first-order valence-electron chi connectivity index (χ1n) is 10.3. The normalized spacial score (nSPS) is 17.4. The molecule has 1 aliphatic heterocycles. The molecule has 0 amide bonds. The quantitative estimate of drug-likeness (QED) is 0.447. The van der Waals surface area contributed by atoms with Gasteiger partial charge in [0.05, 0.1) is 18.2 Å². The Hall–Kier alpha value is -3.02. The Balaban J connectivity index is 1.67. The van der Waals surface area contributed by atoms with Crippen LogP contribution in [0.5, 0.6) is 5.75 Å². The van der Waals surface area contributed by atoms with Crippen molar-refractivity contribution in [1.82, 2.24) is 5.32 Å². The molecule has 0 saturated carbocycles. The zero-order valence-electron chi connectivity index (χ0n) is 17.4. The van der Waals surface area contributed by atoms with E-state index in [-0.39, 0.29) is 18.7 Å². The molecular weight excluding hydrogens is 447 g/mol. The van der Waals surface area contributed by atoms with Gasteiger partial charge in [0.2, 0.25) is 0 Å². The maximum atomic E-state index is 11.8. The van der Waals surface area contributed by atoms with Gasteiger partial charge in [-0.25, -0.2) is 4.79 Å². The predicted molar refractivity (Wildman–Crippen MR) is 127 cm³/mol. The van der Waals surface area contributed by atoms with Crippen LogP contribution in [0, 0.1) is 0 Å². The number of esters is 1. The summed E-state index contributed by atoms with van der Waals surface area (Å²) < 4.78 is 10.7. The highest BCUT2D eigenvalue weighted by Gasteiger charge is 2.32. The number of ether oxygens (including phenoxy) is 2. The molecule has 0 unspecified atom stereocenters. The second-order valence-corrected chi connectivity index (χ2v) is 8.11. The van der Waals surface area contributed by atoms with Gasteiger partial charge >= 0.3 is 5.97 Å². The zero-order chi connectivity index (χ0) is 22.5. The van der Waals surface area contributed by atoms with Crippen LogP contribution in [-0.4, -0.2) is 25.0 Å². The average molecular weight is 469 g/mol. The van der Waals surface area contributed by atoms with Crippen molar-refractivity contribution in [1.29, 1.82) is 0 Å². The second kappa shape index (κ2) is 10.1. The Bertz CT molecular complexity index is 1110. The number of hydrogen-bond donors (Lipinski definition) is 1. The number of para-hydroxylation sites is 1. The Morgan fingerprint density at radius 1 is 0.938 bits per heavy atom. The van der Waals surface area contributed by atoms with Crippen LogP contribution in [0.15, 0.2) is 77.8 Å². The largest absolute Gasteiger partial charge is 0.481 e. The molecular formula is C25H22Cl2N2O3. The van der Waals surface area contributed by atoms with Gasteiger partial charge in [-0.15, -0.1) is 0 Å². The number of amidine groups is 1. The highest BCUT2D eigenvalue weighted by molar-refractivity contribution is 6.30. The molecule has 0 spiro atoms. The molecule has 0 fully saturated rings.